The number of nitrogens with one attached hydrogen (secondary N) is 1. The van der Waals surface area contributed by atoms with Crippen LogP contribution in [0, 0.1) is 0 Å². The van der Waals surface area contributed by atoms with Crippen LogP contribution >= 0.6 is 11.3 Å². The van der Waals surface area contributed by atoms with Crippen molar-refractivity contribution in [2.75, 3.05) is 5.32 Å². The fourth-order valence-corrected chi connectivity index (χ4v) is 2.48. The van der Waals surface area contributed by atoms with Gasteiger partial charge in [-0.15, -0.1) is 11.3 Å². The molecular weight excluding hydrogens is 301 g/mol. The van der Waals surface area contributed by atoms with E-state index in [-0.39, 0.29) is 11.5 Å². The largest absolute Gasteiger partial charge is 0.416 e. The van der Waals surface area contributed by atoms with E-state index in [1.807, 2.05) is 19.2 Å². The van der Waals surface area contributed by atoms with Crippen LogP contribution in [0.15, 0.2) is 29.6 Å². The molecule has 112 valence electrons. The Balaban J connectivity index is 2.16. The SMILES string of the molecule is CC(C)c1csc(NC(=O)c2cccc(C(F)(F)F)c2)n1. The second kappa shape index (κ2) is 5.85. The Morgan fingerprint density at radius 3 is 2.62 bits per heavy atom. The lowest BCUT2D eigenvalue weighted by atomic mass is 10.1. The quantitative estimate of drug-likeness (QED) is 0.904. The van der Waals surface area contributed by atoms with E-state index in [2.05, 4.69) is 10.3 Å². The predicted octanol–water partition coefficient (Wildman–Crippen LogP) is 4.54. The third kappa shape index (κ3) is 3.81. The molecule has 0 aliphatic heterocycles. The summed E-state index contributed by atoms with van der Waals surface area (Å²) in [6, 6.07) is 4.30. The van der Waals surface area contributed by atoms with Gasteiger partial charge in [-0.3, -0.25) is 10.1 Å². The fraction of sp³-hybridized carbons (Fsp3) is 0.286. The first-order chi connectivity index (χ1) is 9.77. The standard InChI is InChI=1S/C14H13F3N2OS/c1-8(2)11-7-21-13(18-11)19-12(20)9-4-3-5-10(6-9)14(15,16)17/h3-8H,1-2H3,(H,18,19,20). The highest BCUT2D eigenvalue weighted by molar-refractivity contribution is 7.14. The zero-order valence-electron chi connectivity index (χ0n) is 11.4. The molecule has 1 aromatic heterocycles. The van der Waals surface area contributed by atoms with E-state index in [9.17, 15) is 18.0 Å². The van der Waals surface area contributed by atoms with Crippen molar-refractivity contribution in [1.29, 1.82) is 0 Å². The summed E-state index contributed by atoms with van der Waals surface area (Å²) in [6.45, 7) is 3.93. The first kappa shape index (κ1) is 15.5. The van der Waals surface area contributed by atoms with Gasteiger partial charge in [-0.1, -0.05) is 19.9 Å². The van der Waals surface area contributed by atoms with Crippen LogP contribution in [0.4, 0.5) is 18.3 Å². The molecule has 0 radical (unpaired) electrons. The molecule has 0 fully saturated rings. The Labute approximate surface area is 123 Å². The molecule has 1 N–H and O–H groups in total. The van der Waals surface area contributed by atoms with E-state index in [1.165, 1.54) is 23.5 Å². The van der Waals surface area contributed by atoms with Gasteiger partial charge in [-0.2, -0.15) is 13.2 Å². The normalized spacial score (nSPS) is 11.7. The molecule has 0 spiro atoms. The van der Waals surface area contributed by atoms with Gasteiger partial charge in [0.2, 0.25) is 0 Å². The van der Waals surface area contributed by atoms with Gasteiger partial charge in [-0.05, 0) is 24.1 Å². The summed E-state index contributed by atoms with van der Waals surface area (Å²) < 4.78 is 37.8. The van der Waals surface area contributed by atoms with Crippen LogP contribution in [-0.4, -0.2) is 10.9 Å². The van der Waals surface area contributed by atoms with Crippen molar-refractivity contribution in [1.82, 2.24) is 4.98 Å². The van der Waals surface area contributed by atoms with Crippen LogP contribution < -0.4 is 5.32 Å². The second-order valence-corrected chi connectivity index (χ2v) is 5.62. The molecule has 0 saturated carbocycles. The molecule has 2 aromatic rings. The maximum atomic E-state index is 12.6. The molecule has 1 amide bonds. The topological polar surface area (TPSA) is 42.0 Å². The average Bonchev–Trinajstić information content (AvgIpc) is 2.86. The summed E-state index contributed by atoms with van der Waals surface area (Å²) in [5, 5.41) is 4.70. The molecule has 7 heteroatoms. The van der Waals surface area contributed by atoms with Gasteiger partial charge >= 0.3 is 6.18 Å². The number of benzene rings is 1. The predicted molar refractivity (Wildman–Crippen MR) is 75.6 cm³/mol. The first-order valence-corrected chi connectivity index (χ1v) is 7.09. The highest BCUT2D eigenvalue weighted by Gasteiger charge is 2.30. The summed E-state index contributed by atoms with van der Waals surface area (Å²) in [5.74, 6) is -0.383. The van der Waals surface area contributed by atoms with Crippen LogP contribution in [0.1, 0.15) is 41.4 Å². The molecule has 0 unspecified atom stereocenters. The van der Waals surface area contributed by atoms with Crippen molar-refractivity contribution in [3.8, 4) is 0 Å². The van der Waals surface area contributed by atoms with Crippen molar-refractivity contribution < 1.29 is 18.0 Å². The number of hydrogen-bond acceptors (Lipinski definition) is 3. The lowest BCUT2D eigenvalue weighted by Crippen LogP contribution is -2.13. The molecule has 1 aromatic carbocycles. The van der Waals surface area contributed by atoms with Gasteiger partial charge in [-0.25, -0.2) is 4.98 Å². The van der Waals surface area contributed by atoms with Crippen LogP contribution in [0.3, 0.4) is 0 Å². The number of amides is 1. The maximum Gasteiger partial charge on any atom is 0.416 e. The van der Waals surface area contributed by atoms with Crippen molar-refractivity contribution in [3.05, 3.63) is 46.5 Å². The molecule has 0 saturated heterocycles. The number of rotatable bonds is 3. The molecule has 0 aliphatic carbocycles. The molecule has 21 heavy (non-hydrogen) atoms. The summed E-state index contributed by atoms with van der Waals surface area (Å²) in [4.78, 5) is 16.2. The number of hydrogen-bond donors (Lipinski definition) is 1. The van der Waals surface area contributed by atoms with E-state index in [0.717, 1.165) is 17.8 Å². The Morgan fingerprint density at radius 2 is 2.05 bits per heavy atom. The van der Waals surface area contributed by atoms with E-state index >= 15 is 0 Å². The van der Waals surface area contributed by atoms with Crippen molar-refractivity contribution in [3.63, 3.8) is 0 Å². The zero-order chi connectivity index (χ0) is 15.6. The molecule has 0 atom stereocenters. The van der Waals surface area contributed by atoms with Gasteiger partial charge in [0.1, 0.15) is 0 Å². The Morgan fingerprint density at radius 1 is 1.33 bits per heavy atom. The number of thiazole rings is 1. The number of aromatic nitrogens is 1. The lowest BCUT2D eigenvalue weighted by Gasteiger charge is -2.08. The summed E-state index contributed by atoms with van der Waals surface area (Å²) in [7, 11) is 0. The van der Waals surface area contributed by atoms with Gasteiger partial charge in [0, 0.05) is 10.9 Å². The Kier molecular flexibility index (Phi) is 4.32. The second-order valence-electron chi connectivity index (χ2n) is 4.76. The number of halogens is 3. The number of nitrogens with zero attached hydrogens (tertiary/aromatic N) is 1. The number of carbonyl (C=O) groups excluding carboxylic acids is 1. The van der Waals surface area contributed by atoms with Crippen LogP contribution in [0.2, 0.25) is 0 Å². The van der Waals surface area contributed by atoms with Crippen molar-refractivity contribution >= 4 is 22.4 Å². The van der Waals surface area contributed by atoms with Crippen molar-refractivity contribution in [2.45, 2.75) is 25.9 Å². The van der Waals surface area contributed by atoms with Crippen molar-refractivity contribution in [2.24, 2.45) is 0 Å². The summed E-state index contributed by atoms with van der Waals surface area (Å²) in [5.41, 5.74) is -0.0670. The Bertz CT molecular complexity index is 650. The minimum atomic E-state index is -4.47. The van der Waals surface area contributed by atoms with Crippen LogP contribution in [0.25, 0.3) is 0 Å². The smallest absolute Gasteiger partial charge is 0.298 e. The van der Waals surface area contributed by atoms with Crippen LogP contribution in [0.5, 0.6) is 0 Å². The first-order valence-electron chi connectivity index (χ1n) is 6.21. The van der Waals surface area contributed by atoms with E-state index < -0.39 is 17.6 Å². The number of anilines is 1. The monoisotopic (exact) mass is 314 g/mol. The van der Waals surface area contributed by atoms with Gasteiger partial charge < -0.3 is 0 Å². The average molecular weight is 314 g/mol. The van der Waals surface area contributed by atoms with Gasteiger partial charge in [0.05, 0.1) is 11.3 Å². The highest BCUT2D eigenvalue weighted by Crippen LogP contribution is 2.30. The minimum Gasteiger partial charge on any atom is -0.298 e. The molecular formula is C14H13F3N2OS. The summed E-state index contributed by atoms with van der Waals surface area (Å²) in [6.07, 6.45) is -4.47. The lowest BCUT2D eigenvalue weighted by molar-refractivity contribution is -0.137. The fourth-order valence-electron chi connectivity index (χ4n) is 1.61. The molecule has 0 aliphatic rings. The highest BCUT2D eigenvalue weighted by atomic mass is 32.1. The molecule has 2 rings (SSSR count). The third-order valence-electron chi connectivity index (χ3n) is 2.79. The summed E-state index contributed by atoms with van der Waals surface area (Å²) >= 11 is 1.25. The van der Waals surface area contributed by atoms with E-state index in [1.54, 1.807) is 0 Å². The molecule has 1 heterocycles. The van der Waals surface area contributed by atoms with E-state index in [4.69, 9.17) is 0 Å². The number of carbonyl (C=O) groups is 1. The minimum absolute atomic E-state index is 0.0499. The Hall–Kier alpha value is -1.89. The maximum absolute atomic E-state index is 12.6. The van der Waals surface area contributed by atoms with Crippen LogP contribution in [-0.2, 0) is 6.18 Å². The molecule has 3 nitrogen and oxygen atoms in total. The van der Waals surface area contributed by atoms with E-state index in [0.29, 0.717) is 5.13 Å². The molecule has 0 bridgehead atoms. The third-order valence-corrected chi connectivity index (χ3v) is 3.56. The van der Waals surface area contributed by atoms with Gasteiger partial charge in [0.25, 0.3) is 5.91 Å². The van der Waals surface area contributed by atoms with Gasteiger partial charge in [0.15, 0.2) is 5.13 Å². The zero-order valence-corrected chi connectivity index (χ0v) is 12.2. The number of alkyl halides is 3.